The molecule has 32 heavy (non-hydrogen) atoms. The molecule has 0 aliphatic heterocycles. The number of nitrogens with zero attached hydrogens (tertiary/aromatic N) is 4. The summed E-state index contributed by atoms with van der Waals surface area (Å²) < 4.78 is 8.12. The molecule has 1 N–H and O–H groups in total. The molecule has 9 heteroatoms. The van der Waals surface area contributed by atoms with Crippen molar-refractivity contribution >= 4 is 34.2 Å². The van der Waals surface area contributed by atoms with Crippen molar-refractivity contribution in [3.63, 3.8) is 0 Å². The van der Waals surface area contributed by atoms with Crippen LogP contribution >= 0.6 is 0 Å². The molecule has 2 heterocycles. The SMILES string of the molecule is CCCc1nnc2c(=O)n(CC(=O)Nc3ccc(C(=O)OCC)cc3)c3ccccc3n12. The fourth-order valence-electron chi connectivity index (χ4n) is 3.61. The van der Waals surface area contributed by atoms with E-state index in [0.717, 1.165) is 11.9 Å². The Labute approximate surface area is 183 Å². The van der Waals surface area contributed by atoms with Crippen LogP contribution in [0.4, 0.5) is 5.69 Å². The van der Waals surface area contributed by atoms with Gasteiger partial charge in [-0.25, -0.2) is 4.79 Å². The third-order valence-corrected chi connectivity index (χ3v) is 5.04. The van der Waals surface area contributed by atoms with E-state index in [1.54, 1.807) is 41.7 Å². The Balaban J connectivity index is 1.64. The van der Waals surface area contributed by atoms with Gasteiger partial charge in [0.1, 0.15) is 12.4 Å². The Morgan fingerprint density at radius 2 is 1.72 bits per heavy atom. The smallest absolute Gasteiger partial charge is 0.338 e. The highest BCUT2D eigenvalue weighted by Gasteiger charge is 2.17. The molecule has 0 saturated carbocycles. The normalized spacial score (nSPS) is 11.1. The number of fused-ring (bicyclic) bond motifs is 3. The van der Waals surface area contributed by atoms with Gasteiger partial charge in [0.05, 0.1) is 23.2 Å². The van der Waals surface area contributed by atoms with Crippen molar-refractivity contribution in [2.24, 2.45) is 0 Å². The number of hydrogen-bond acceptors (Lipinski definition) is 6. The van der Waals surface area contributed by atoms with E-state index in [9.17, 15) is 14.4 Å². The van der Waals surface area contributed by atoms with Crippen LogP contribution in [0.2, 0.25) is 0 Å². The first-order valence-electron chi connectivity index (χ1n) is 10.5. The highest BCUT2D eigenvalue weighted by Crippen LogP contribution is 2.17. The number of para-hydroxylation sites is 2. The van der Waals surface area contributed by atoms with E-state index >= 15 is 0 Å². The Kier molecular flexibility index (Phi) is 5.98. The molecule has 0 bridgehead atoms. The van der Waals surface area contributed by atoms with E-state index in [4.69, 9.17) is 4.74 Å². The number of anilines is 1. The lowest BCUT2D eigenvalue weighted by molar-refractivity contribution is -0.116. The second-order valence-electron chi connectivity index (χ2n) is 7.25. The van der Waals surface area contributed by atoms with Gasteiger partial charge in [-0.05, 0) is 49.7 Å². The first-order valence-corrected chi connectivity index (χ1v) is 10.5. The first kappa shape index (κ1) is 21.2. The van der Waals surface area contributed by atoms with Gasteiger partial charge < -0.3 is 10.1 Å². The summed E-state index contributed by atoms with van der Waals surface area (Å²) in [5.74, 6) is -0.0830. The third-order valence-electron chi connectivity index (χ3n) is 5.04. The van der Waals surface area contributed by atoms with Crippen LogP contribution in [0, 0.1) is 0 Å². The lowest BCUT2D eigenvalue weighted by Crippen LogP contribution is -2.29. The summed E-state index contributed by atoms with van der Waals surface area (Å²) in [5, 5.41) is 11.0. The van der Waals surface area contributed by atoms with E-state index in [-0.39, 0.29) is 30.3 Å². The minimum atomic E-state index is -0.424. The Bertz CT molecular complexity index is 1350. The van der Waals surface area contributed by atoms with Gasteiger partial charge in [-0.15, -0.1) is 10.2 Å². The molecule has 2 aromatic heterocycles. The molecule has 0 saturated heterocycles. The molecule has 4 aromatic rings. The molecular weight excluding hydrogens is 410 g/mol. The number of aromatic nitrogens is 4. The highest BCUT2D eigenvalue weighted by molar-refractivity contribution is 5.93. The molecule has 0 spiro atoms. The maximum Gasteiger partial charge on any atom is 0.338 e. The maximum atomic E-state index is 13.1. The molecule has 0 aliphatic carbocycles. The van der Waals surface area contributed by atoms with Gasteiger partial charge in [-0.1, -0.05) is 19.1 Å². The fourth-order valence-corrected chi connectivity index (χ4v) is 3.61. The summed E-state index contributed by atoms with van der Waals surface area (Å²) in [6.45, 7) is 3.87. The average molecular weight is 433 g/mol. The van der Waals surface area contributed by atoms with Crippen molar-refractivity contribution in [1.29, 1.82) is 0 Å². The molecule has 164 valence electrons. The summed E-state index contributed by atoms with van der Waals surface area (Å²) in [4.78, 5) is 37.6. The monoisotopic (exact) mass is 433 g/mol. The van der Waals surface area contributed by atoms with Crippen LogP contribution in [0.15, 0.2) is 53.3 Å². The maximum absolute atomic E-state index is 13.1. The number of nitrogens with one attached hydrogen (secondary N) is 1. The van der Waals surface area contributed by atoms with Crippen molar-refractivity contribution in [1.82, 2.24) is 19.2 Å². The predicted molar refractivity (Wildman–Crippen MR) is 120 cm³/mol. The second-order valence-corrected chi connectivity index (χ2v) is 7.25. The molecule has 0 fully saturated rings. The van der Waals surface area contributed by atoms with Gasteiger partial charge in [0.25, 0.3) is 5.56 Å². The van der Waals surface area contributed by atoms with E-state index in [0.29, 0.717) is 29.0 Å². The summed E-state index contributed by atoms with van der Waals surface area (Å²) in [5.41, 5.74) is 2.10. The third kappa shape index (κ3) is 3.96. The largest absolute Gasteiger partial charge is 0.462 e. The lowest BCUT2D eigenvalue weighted by atomic mass is 10.2. The van der Waals surface area contributed by atoms with Gasteiger partial charge in [0.2, 0.25) is 11.6 Å². The zero-order valence-electron chi connectivity index (χ0n) is 17.9. The average Bonchev–Trinajstić information content (AvgIpc) is 3.22. The number of amides is 1. The highest BCUT2D eigenvalue weighted by atomic mass is 16.5. The molecular formula is C23H23N5O4. The van der Waals surface area contributed by atoms with Crippen molar-refractivity contribution in [2.45, 2.75) is 33.2 Å². The van der Waals surface area contributed by atoms with E-state index in [1.165, 1.54) is 4.57 Å². The van der Waals surface area contributed by atoms with E-state index in [1.807, 2.05) is 25.1 Å². The molecule has 4 rings (SSSR count). The van der Waals surface area contributed by atoms with Crippen LogP contribution in [-0.2, 0) is 22.5 Å². The zero-order chi connectivity index (χ0) is 22.7. The number of aryl methyl sites for hydroxylation is 1. The van der Waals surface area contributed by atoms with Gasteiger partial charge in [0.15, 0.2) is 0 Å². The number of hydrogen-bond donors (Lipinski definition) is 1. The number of esters is 1. The van der Waals surface area contributed by atoms with Crippen molar-refractivity contribution in [3.05, 3.63) is 70.3 Å². The second kappa shape index (κ2) is 9.01. The van der Waals surface area contributed by atoms with Crippen molar-refractivity contribution in [2.75, 3.05) is 11.9 Å². The predicted octanol–water partition coefficient (Wildman–Crippen LogP) is 2.81. The summed E-state index contributed by atoms with van der Waals surface area (Å²) >= 11 is 0. The summed E-state index contributed by atoms with van der Waals surface area (Å²) in [7, 11) is 0. The van der Waals surface area contributed by atoms with Crippen LogP contribution in [-0.4, -0.2) is 37.6 Å². The zero-order valence-corrected chi connectivity index (χ0v) is 17.9. The van der Waals surface area contributed by atoms with Gasteiger partial charge >= 0.3 is 5.97 Å². The van der Waals surface area contributed by atoms with Crippen LogP contribution < -0.4 is 10.9 Å². The fraction of sp³-hybridized carbons (Fsp3) is 0.261. The molecule has 0 unspecified atom stereocenters. The van der Waals surface area contributed by atoms with E-state index < -0.39 is 5.97 Å². The van der Waals surface area contributed by atoms with Gasteiger partial charge in [0, 0.05) is 12.1 Å². The Morgan fingerprint density at radius 1 is 1.00 bits per heavy atom. The lowest BCUT2D eigenvalue weighted by Gasteiger charge is -2.13. The Morgan fingerprint density at radius 3 is 2.41 bits per heavy atom. The van der Waals surface area contributed by atoms with E-state index in [2.05, 4.69) is 15.5 Å². The molecule has 1 amide bonds. The van der Waals surface area contributed by atoms with Crippen LogP contribution in [0.3, 0.4) is 0 Å². The Hall–Kier alpha value is -4.01. The minimum Gasteiger partial charge on any atom is -0.462 e. The van der Waals surface area contributed by atoms with Gasteiger partial charge in [-0.3, -0.25) is 18.6 Å². The van der Waals surface area contributed by atoms with Crippen molar-refractivity contribution < 1.29 is 14.3 Å². The molecule has 0 atom stereocenters. The van der Waals surface area contributed by atoms with Gasteiger partial charge in [-0.2, -0.15) is 0 Å². The number of ether oxygens (including phenoxy) is 1. The topological polar surface area (TPSA) is 108 Å². The quantitative estimate of drug-likeness (QED) is 0.449. The number of benzene rings is 2. The van der Waals surface area contributed by atoms with Crippen LogP contribution in [0.1, 0.15) is 36.5 Å². The standard InChI is InChI=1S/C23H23N5O4/c1-3-7-19-25-26-21-22(30)27(17-8-5-6-9-18(17)28(19)21)14-20(29)24-16-12-10-15(11-13-16)23(31)32-4-2/h5-6,8-13H,3-4,7,14H2,1-2H3,(H,24,29). The molecule has 0 radical (unpaired) electrons. The van der Waals surface area contributed by atoms with Crippen molar-refractivity contribution in [3.8, 4) is 0 Å². The number of carbonyl (C=O) groups excluding carboxylic acids is 2. The first-order chi connectivity index (χ1) is 15.5. The number of rotatable bonds is 7. The molecule has 2 aromatic carbocycles. The minimum absolute atomic E-state index is 0.189. The summed E-state index contributed by atoms with van der Waals surface area (Å²) in [6.07, 6.45) is 1.56. The van der Waals surface area contributed by atoms with Crippen LogP contribution in [0.5, 0.6) is 0 Å². The molecule has 9 nitrogen and oxygen atoms in total. The molecule has 0 aliphatic rings. The number of carbonyl (C=O) groups is 2. The van der Waals surface area contributed by atoms with Crippen LogP contribution in [0.25, 0.3) is 16.7 Å². The summed E-state index contributed by atoms with van der Waals surface area (Å²) in [6, 6.07) is 13.8.